The molecule has 0 spiro atoms. The fourth-order valence-corrected chi connectivity index (χ4v) is 1.29. The van der Waals surface area contributed by atoms with E-state index in [2.05, 4.69) is 6.58 Å². The van der Waals surface area contributed by atoms with Gasteiger partial charge in [0.2, 0.25) is 0 Å². The normalized spacial score (nSPS) is 14.3. The lowest BCUT2D eigenvalue weighted by Crippen LogP contribution is -2.10. The van der Waals surface area contributed by atoms with Gasteiger partial charge in [-0.25, -0.2) is 9.00 Å². The molecule has 4 nitrogen and oxygen atoms in total. The first kappa shape index (κ1) is 14.3. The van der Waals surface area contributed by atoms with Crippen LogP contribution in [0.4, 0.5) is 0 Å². The molecule has 88 valence electrons. The van der Waals surface area contributed by atoms with E-state index in [0.717, 1.165) is 6.42 Å². The van der Waals surface area contributed by atoms with Crippen molar-refractivity contribution in [2.75, 3.05) is 6.61 Å². The van der Waals surface area contributed by atoms with E-state index in [-0.39, 0.29) is 11.2 Å². The number of hydrogen-bond acceptors (Lipinski definition) is 3. The molecule has 5 heteroatoms. The van der Waals surface area contributed by atoms with Gasteiger partial charge in [0.25, 0.3) is 0 Å². The Labute approximate surface area is 93.0 Å². The van der Waals surface area contributed by atoms with Crippen molar-refractivity contribution in [3.63, 3.8) is 0 Å². The second-order valence-electron chi connectivity index (χ2n) is 3.50. The van der Waals surface area contributed by atoms with Gasteiger partial charge in [0.1, 0.15) is 0 Å². The summed E-state index contributed by atoms with van der Waals surface area (Å²) in [7, 11) is 0. The molecule has 0 radical (unpaired) electrons. The van der Waals surface area contributed by atoms with Gasteiger partial charge in [-0.2, -0.15) is 0 Å². The lowest BCUT2D eigenvalue weighted by molar-refractivity contribution is -0.139. The molecule has 0 bridgehead atoms. The number of hydrogen-bond donors (Lipinski definition) is 1. The van der Waals surface area contributed by atoms with E-state index in [1.54, 1.807) is 13.8 Å². The number of carbonyl (C=O) groups excluding carboxylic acids is 1. The van der Waals surface area contributed by atoms with Crippen LogP contribution in [-0.4, -0.2) is 26.6 Å². The summed E-state index contributed by atoms with van der Waals surface area (Å²) in [4.78, 5) is 10.9. The Morgan fingerprint density at radius 2 is 2.13 bits per heavy atom. The Morgan fingerprint density at radius 1 is 1.53 bits per heavy atom. The molecule has 0 fully saturated rings. The van der Waals surface area contributed by atoms with E-state index in [9.17, 15) is 9.00 Å². The van der Waals surface area contributed by atoms with E-state index in [1.807, 2.05) is 0 Å². The fraction of sp³-hybridized carbons (Fsp3) is 0.700. The van der Waals surface area contributed by atoms with Crippen molar-refractivity contribution in [1.82, 2.24) is 0 Å². The summed E-state index contributed by atoms with van der Waals surface area (Å²) in [5.41, 5.74) is 0.389. The van der Waals surface area contributed by atoms with Crippen LogP contribution in [0.1, 0.15) is 33.1 Å². The van der Waals surface area contributed by atoms with Gasteiger partial charge < -0.3 is 9.29 Å². The lowest BCUT2D eigenvalue weighted by atomic mass is 10.2. The summed E-state index contributed by atoms with van der Waals surface area (Å²) in [5.74, 6) is -0.381. The number of carbonyl (C=O) groups is 1. The first-order chi connectivity index (χ1) is 6.95. The van der Waals surface area contributed by atoms with Crippen LogP contribution >= 0.6 is 0 Å². The minimum absolute atomic E-state index is 0.221. The van der Waals surface area contributed by atoms with Crippen molar-refractivity contribution in [3.05, 3.63) is 12.2 Å². The van der Waals surface area contributed by atoms with E-state index in [0.29, 0.717) is 25.0 Å². The second kappa shape index (κ2) is 7.59. The third-order valence-electron chi connectivity index (χ3n) is 1.93. The van der Waals surface area contributed by atoms with Gasteiger partial charge in [-0.1, -0.05) is 6.58 Å². The molecule has 0 aromatic carbocycles. The molecular formula is C10H18O4S. The van der Waals surface area contributed by atoms with Gasteiger partial charge in [-0.05, 0) is 33.1 Å². The molecule has 0 aromatic rings. The highest BCUT2D eigenvalue weighted by atomic mass is 32.2. The largest absolute Gasteiger partial charge is 0.462 e. The first-order valence-electron chi connectivity index (χ1n) is 4.87. The molecule has 0 saturated carbocycles. The smallest absolute Gasteiger partial charge is 0.333 e. The van der Waals surface area contributed by atoms with Crippen molar-refractivity contribution in [2.45, 2.75) is 38.4 Å². The summed E-state index contributed by atoms with van der Waals surface area (Å²) in [6.07, 6.45) is 2.14. The summed E-state index contributed by atoms with van der Waals surface area (Å²) < 4.78 is 24.2. The molecule has 0 aromatic heterocycles. The van der Waals surface area contributed by atoms with Gasteiger partial charge in [0, 0.05) is 5.57 Å². The number of ether oxygens (including phenoxy) is 1. The van der Waals surface area contributed by atoms with Crippen molar-refractivity contribution >= 4 is 17.0 Å². The average Bonchev–Trinajstić information content (AvgIpc) is 2.16. The molecule has 2 atom stereocenters. The number of rotatable bonds is 7. The van der Waals surface area contributed by atoms with E-state index >= 15 is 0 Å². The van der Waals surface area contributed by atoms with Crippen LogP contribution in [0.3, 0.4) is 0 Å². The maximum Gasteiger partial charge on any atom is 0.333 e. The van der Waals surface area contributed by atoms with Crippen LogP contribution < -0.4 is 0 Å². The van der Waals surface area contributed by atoms with Crippen LogP contribution in [0.2, 0.25) is 0 Å². The van der Waals surface area contributed by atoms with Crippen molar-refractivity contribution in [2.24, 2.45) is 0 Å². The monoisotopic (exact) mass is 234 g/mol. The minimum Gasteiger partial charge on any atom is -0.462 e. The summed E-state index contributed by atoms with van der Waals surface area (Å²) in [6.45, 7) is 7.12. The van der Waals surface area contributed by atoms with Gasteiger partial charge in [-0.15, -0.1) is 0 Å². The van der Waals surface area contributed by atoms with E-state index < -0.39 is 11.1 Å². The van der Waals surface area contributed by atoms with Gasteiger partial charge in [0.15, 0.2) is 11.1 Å². The molecule has 0 heterocycles. The van der Waals surface area contributed by atoms with Crippen LogP contribution in [0.15, 0.2) is 12.2 Å². The highest BCUT2D eigenvalue weighted by molar-refractivity contribution is 7.79. The van der Waals surface area contributed by atoms with Crippen LogP contribution in [-0.2, 0) is 20.6 Å². The summed E-state index contributed by atoms with van der Waals surface area (Å²) in [6, 6.07) is 0. The zero-order valence-corrected chi connectivity index (χ0v) is 10.0. The predicted octanol–water partition coefficient (Wildman–Crippen LogP) is 1.89. The molecule has 2 unspecified atom stereocenters. The van der Waals surface area contributed by atoms with Gasteiger partial charge in [-0.3, -0.25) is 0 Å². The van der Waals surface area contributed by atoms with Crippen LogP contribution in [0.5, 0.6) is 0 Å². The SMILES string of the molecule is C=C(C)C(=O)OCCCCC(C)S(=O)O. The molecule has 0 aliphatic rings. The maximum atomic E-state index is 10.9. The lowest BCUT2D eigenvalue weighted by Gasteiger charge is -2.07. The highest BCUT2D eigenvalue weighted by Gasteiger charge is 2.08. The molecule has 0 amide bonds. The third kappa shape index (κ3) is 7.27. The van der Waals surface area contributed by atoms with Crippen molar-refractivity contribution in [1.29, 1.82) is 0 Å². The Kier molecular flexibility index (Phi) is 7.25. The molecule has 15 heavy (non-hydrogen) atoms. The Hall–Kier alpha value is -0.680. The number of esters is 1. The topological polar surface area (TPSA) is 63.6 Å². The van der Waals surface area contributed by atoms with Crippen molar-refractivity contribution in [3.8, 4) is 0 Å². The van der Waals surface area contributed by atoms with Crippen molar-refractivity contribution < 1.29 is 18.3 Å². The number of unbranched alkanes of at least 4 members (excludes halogenated alkanes) is 1. The molecule has 1 N–H and O–H groups in total. The first-order valence-corrected chi connectivity index (χ1v) is 6.04. The molecule has 0 rings (SSSR count). The maximum absolute atomic E-state index is 10.9. The Morgan fingerprint density at radius 3 is 2.60 bits per heavy atom. The van der Waals surface area contributed by atoms with Crippen LogP contribution in [0.25, 0.3) is 0 Å². The molecular weight excluding hydrogens is 216 g/mol. The van der Waals surface area contributed by atoms with Crippen LogP contribution in [0, 0.1) is 0 Å². The second-order valence-corrected chi connectivity index (χ2v) is 4.86. The van der Waals surface area contributed by atoms with Gasteiger partial charge >= 0.3 is 5.97 Å². The van der Waals surface area contributed by atoms with Gasteiger partial charge in [0.05, 0.1) is 11.9 Å². The zero-order chi connectivity index (χ0) is 11.8. The fourth-order valence-electron chi connectivity index (χ4n) is 0.923. The zero-order valence-electron chi connectivity index (χ0n) is 9.19. The van der Waals surface area contributed by atoms with E-state index in [4.69, 9.17) is 9.29 Å². The average molecular weight is 234 g/mol. The molecule has 0 aliphatic heterocycles. The quantitative estimate of drug-likeness (QED) is 0.316. The summed E-state index contributed by atoms with van der Waals surface area (Å²) in [5, 5.41) is -0.221. The minimum atomic E-state index is -1.75. The van der Waals surface area contributed by atoms with E-state index in [1.165, 1.54) is 0 Å². The standard InChI is InChI=1S/C10H18O4S/c1-8(2)10(11)14-7-5-4-6-9(3)15(12)13/h9H,1,4-7H2,2-3H3,(H,12,13). The Bertz CT molecular complexity index is 250. The predicted molar refractivity (Wildman–Crippen MR) is 59.9 cm³/mol. The summed E-state index contributed by atoms with van der Waals surface area (Å²) >= 11 is -1.75. The highest BCUT2D eigenvalue weighted by Crippen LogP contribution is 2.06. The molecule has 0 saturated heterocycles. The Balaban J connectivity index is 3.44. The third-order valence-corrected chi connectivity index (χ3v) is 2.85. The molecule has 0 aliphatic carbocycles.